The van der Waals surface area contributed by atoms with Gasteiger partial charge in [-0.1, -0.05) is 17.3 Å². The van der Waals surface area contributed by atoms with Crippen molar-refractivity contribution < 1.29 is 9.53 Å². The first-order valence-corrected chi connectivity index (χ1v) is 9.53. The molecule has 2 aromatic rings. The number of aliphatic hydroxyl groups is 1. The molecule has 0 spiro atoms. The van der Waals surface area contributed by atoms with E-state index in [1.165, 1.54) is 0 Å². The van der Waals surface area contributed by atoms with Gasteiger partial charge in [-0.3, -0.25) is 0 Å². The minimum atomic E-state index is -2.10. The van der Waals surface area contributed by atoms with Crippen LogP contribution in [0.4, 0.5) is 0 Å². The lowest BCUT2D eigenvalue weighted by Crippen LogP contribution is -2.41. The summed E-state index contributed by atoms with van der Waals surface area (Å²) in [7, 11) is -2.10. The fourth-order valence-electron chi connectivity index (χ4n) is 2.38. The van der Waals surface area contributed by atoms with E-state index in [1.54, 1.807) is 0 Å². The Morgan fingerprint density at radius 1 is 1.37 bits per heavy atom. The summed E-state index contributed by atoms with van der Waals surface area (Å²) in [4.78, 5) is 0. The molecule has 19 heavy (non-hydrogen) atoms. The summed E-state index contributed by atoms with van der Waals surface area (Å²) in [6.07, 6.45) is 1.08. The van der Waals surface area contributed by atoms with Crippen LogP contribution in [0.5, 0.6) is 0 Å². The minimum Gasteiger partial charge on any atom is -0.398 e. The third-order valence-electron chi connectivity index (χ3n) is 3.82. The van der Waals surface area contributed by atoms with Crippen LogP contribution in [-0.4, -0.2) is 41.5 Å². The average Bonchev–Trinajstić information content (AvgIpc) is 3.04. The summed E-state index contributed by atoms with van der Waals surface area (Å²) in [5.41, 5.74) is 1.94. The van der Waals surface area contributed by atoms with E-state index in [1.807, 2.05) is 28.6 Å². The molecule has 2 atom stereocenters. The fourth-order valence-corrected chi connectivity index (χ4v) is 4.15. The van der Waals surface area contributed by atoms with E-state index < -0.39 is 8.48 Å². The summed E-state index contributed by atoms with van der Waals surface area (Å²) >= 11 is 0. The van der Waals surface area contributed by atoms with Gasteiger partial charge in [-0.15, -0.1) is 5.10 Å². The first-order valence-electron chi connectivity index (χ1n) is 6.67. The monoisotopic (exact) mass is 277 g/mol. The summed E-state index contributed by atoms with van der Waals surface area (Å²) in [6, 6.07) is 7.95. The number of para-hydroxylation sites is 1. The molecule has 3 rings (SSSR count). The standard InChI is InChI=1S/C13H19N3O2Si/c1-19(2,18-9-11-7-10(11)8-17)16-13-6-4-3-5-12(13)14-15-16/h3-6,10-11,17H,7-9H2,1-2H3/t10-,11-/m0/s1. The number of rotatable bonds is 5. The van der Waals surface area contributed by atoms with E-state index in [4.69, 9.17) is 9.53 Å². The largest absolute Gasteiger partial charge is 0.398 e. The van der Waals surface area contributed by atoms with Gasteiger partial charge in [0.05, 0.1) is 5.52 Å². The van der Waals surface area contributed by atoms with Crippen LogP contribution in [0.25, 0.3) is 11.0 Å². The van der Waals surface area contributed by atoms with Crippen molar-refractivity contribution in [2.24, 2.45) is 11.8 Å². The molecule has 1 heterocycles. The maximum Gasteiger partial charge on any atom is 0.319 e. The lowest BCUT2D eigenvalue weighted by molar-refractivity contribution is 0.235. The first-order chi connectivity index (χ1) is 9.12. The van der Waals surface area contributed by atoms with Crippen molar-refractivity contribution in [2.45, 2.75) is 19.5 Å². The van der Waals surface area contributed by atoms with Crippen LogP contribution in [0.3, 0.4) is 0 Å². The summed E-state index contributed by atoms with van der Waals surface area (Å²) < 4.78 is 8.08. The van der Waals surface area contributed by atoms with Crippen LogP contribution in [0.2, 0.25) is 13.1 Å². The topological polar surface area (TPSA) is 60.2 Å². The van der Waals surface area contributed by atoms with E-state index in [2.05, 4.69) is 23.4 Å². The van der Waals surface area contributed by atoms with Crippen LogP contribution in [0.15, 0.2) is 24.3 Å². The molecule has 0 bridgehead atoms. The molecule has 0 unspecified atom stereocenters. The molecule has 1 fully saturated rings. The molecule has 5 nitrogen and oxygen atoms in total. The Hall–Kier alpha value is -1.24. The highest BCUT2D eigenvalue weighted by Gasteiger charge is 2.39. The van der Waals surface area contributed by atoms with E-state index in [-0.39, 0.29) is 6.61 Å². The number of hydrogen-bond donors (Lipinski definition) is 1. The molecule has 1 aliphatic carbocycles. The molecule has 0 amide bonds. The quantitative estimate of drug-likeness (QED) is 0.844. The lowest BCUT2D eigenvalue weighted by atomic mass is 10.3. The highest BCUT2D eigenvalue weighted by atomic mass is 28.4. The van der Waals surface area contributed by atoms with Gasteiger partial charge >= 0.3 is 8.48 Å². The number of fused-ring (bicyclic) bond motifs is 1. The minimum absolute atomic E-state index is 0.280. The predicted molar refractivity (Wildman–Crippen MR) is 75.0 cm³/mol. The van der Waals surface area contributed by atoms with Gasteiger partial charge in [0.15, 0.2) is 0 Å². The summed E-state index contributed by atoms with van der Waals surface area (Å²) in [5.74, 6) is 0.962. The fraction of sp³-hybridized carbons (Fsp3) is 0.538. The number of hydrogen-bond acceptors (Lipinski definition) is 4. The maximum absolute atomic E-state index is 9.06. The van der Waals surface area contributed by atoms with Crippen LogP contribution >= 0.6 is 0 Å². The van der Waals surface area contributed by atoms with Gasteiger partial charge in [0.2, 0.25) is 0 Å². The van der Waals surface area contributed by atoms with Crippen LogP contribution in [-0.2, 0) is 4.43 Å². The molecule has 1 aromatic carbocycles. The van der Waals surface area contributed by atoms with E-state index in [9.17, 15) is 0 Å². The zero-order chi connectivity index (χ0) is 13.5. The number of nitrogens with zero attached hydrogens (tertiary/aromatic N) is 3. The van der Waals surface area contributed by atoms with Crippen LogP contribution in [0, 0.1) is 11.8 Å². The highest BCUT2D eigenvalue weighted by molar-refractivity contribution is 6.70. The Labute approximate surface area is 113 Å². The second-order valence-electron chi connectivity index (χ2n) is 5.69. The highest BCUT2D eigenvalue weighted by Crippen LogP contribution is 2.38. The third-order valence-corrected chi connectivity index (χ3v) is 6.04. The summed E-state index contributed by atoms with van der Waals surface area (Å²) in [6.45, 7) is 5.26. The molecule has 1 aliphatic rings. The third kappa shape index (κ3) is 2.43. The molecule has 0 radical (unpaired) electrons. The molecule has 1 N–H and O–H groups in total. The number of benzene rings is 1. The lowest BCUT2D eigenvalue weighted by Gasteiger charge is -2.23. The average molecular weight is 277 g/mol. The Kier molecular flexibility index (Phi) is 3.16. The Morgan fingerprint density at radius 3 is 2.89 bits per heavy atom. The number of aliphatic hydroxyl groups excluding tert-OH is 1. The van der Waals surface area contributed by atoms with Crippen molar-refractivity contribution in [3.8, 4) is 0 Å². The van der Waals surface area contributed by atoms with Gasteiger partial charge in [-0.2, -0.15) is 0 Å². The van der Waals surface area contributed by atoms with Crippen LogP contribution < -0.4 is 0 Å². The van der Waals surface area contributed by atoms with Crippen molar-refractivity contribution in [3.63, 3.8) is 0 Å². The normalized spacial score (nSPS) is 22.9. The van der Waals surface area contributed by atoms with E-state index in [0.717, 1.165) is 24.1 Å². The molecular formula is C13H19N3O2Si. The predicted octanol–water partition coefficient (Wildman–Crippen LogP) is 1.63. The molecule has 102 valence electrons. The van der Waals surface area contributed by atoms with Crippen LogP contribution in [0.1, 0.15) is 6.42 Å². The van der Waals surface area contributed by atoms with Gasteiger partial charge in [0.1, 0.15) is 5.52 Å². The molecule has 1 saturated carbocycles. The molecule has 0 saturated heterocycles. The number of aromatic nitrogens is 3. The second-order valence-corrected chi connectivity index (χ2v) is 9.29. The zero-order valence-electron chi connectivity index (χ0n) is 11.3. The SMILES string of the molecule is C[Si](C)(OC[C@@H]1C[C@H]1CO)n1nnc2ccccc21. The summed E-state index contributed by atoms with van der Waals surface area (Å²) in [5, 5.41) is 17.5. The van der Waals surface area contributed by atoms with Gasteiger partial charge in [-0.05, 0) is 43.5 Å². The van der Waals surface area contributed by atoms with Crippen molar-refractivity contribution in [2.75, 3.05) is 13.2 Å². The maximum atomic E-state index is 9.06. The Morgan fingerprint density at radius 2 is 2.16 bits per heavy atom. The van der Waals surface area contributed by atoms with Crippen molar-refractivity contribution >= 4 is 19.5 Å². The van der Waals surface area contributed by atoms with Gasteiger partial charge in [0.25, 0.3) is 0 Å². The smallest absolute Gasteiger partial charge is 0.319 e. The Balaban J connectivity index is 1.76. The molecule has 1 aromatic heterocycles. The van der Waals surface area contributed by atoms with E-state index in [0.29, 0.717) is 11.8 Å². The molecule has 0 aliphatic heterocycles. The van der Waals surface area contributed by atoms with Crippen molar-refractivity contribution in [1.29, 1.82) is 0 Å². The molecular weight excluding hydrogens is 258 g/mol. The van der Waals surface area contributed by atoms with Gasteiger partial charge in [0, 0.05) is 13.2 Å². The second kappa shape index (κ2) is 4.70. The Bertz CT molecular complexity index is 584. The zero-order valence-corrected chi connectivity index (χ0v) is 12.3. The van der Waals surface area contributed by atoms with Gasteiger partial charge in [-0.25, -0.2) is 4.35 Å². The first kappa shape index (κ1) is 12.8. The molecule has 6 heteroatoms. The van der Waals surface area contributed by atoms with Crippen molar-refractivity contribution in [1.82, 2.24) is 14.7 Å². The van der Waals surface area contributed by atoms with Gasteiger partial charge < -0.3 is 9.53 Å². The van der Waals surface area contributed by atoms with Crippen molar-refractivity contribution in [3.05, 3.63) is 24.3 Å². The van der Waals surface area contributed by atoms with E-state index >= 15 is 0 Å².